The lowest BCUT2D eigenvalue weighted by molar-refractivity contribution is -0.149. The summed E-state index contributed by atoms with van der Waals surface area (Å²) in [4.78, 5) is 33.3. The standard InChI is InChI=1S/C23H25F2N3O6/c1-3-32-19(29)13-34-28-22-21(27-23(30)33-12-14-7-5-4-6-8-14)16(11-26-22)20-17(24)9-15(31-2)10-18(20)25/h4-10,16,21H,3,11-13H2,1-2H3,(H,26,28)(H,27,30). The number of rotatable bonds is 9. The van der Waals surface area contributed by atoms with Crippen LogP contribution in [0.3, 0.4) is 0 Å². The number of carbonyl (C=O) groups excluding carboxylic acids is 2. The minimum absolute atomic E-state index is 0.00538. The molecule has 11 heteroatoms. The molecule has 34 heavy (non-hydrogen) atoms. The molecule has 9 nitrogen and oxygen atoms in total. The van der Waals surface area contributed by atoms with Crippen molar-refractivity contribution in [2.45, 2.75) is 25.5 Å². The van der Waals surface area contributed by atoms with E-state index in [2.05, 4.69) is 15.8 Å². The van der Waals surface area contributed by atoms with Gasteiger partial charge in [0.05, 0.1) is 20.3 Å². The molecule has 182 valence electrons. The van der Waals surface area contributed by atoms with Gasteiger partial charge in [0.15, 0.2) is 6.61 Å². The molecule has 0 saturated heterocycles. The average Bonchev–Trinajstić information content (AvgIpc) is 3.19. The Labute approximate surface area is 195 Å². The number of aliphatic imine (C=N–C) groups is 1. The second-order valence-corrected chi connectivity index (χ2v) is 7.22. The van der Waals surface area contributed by atoms with E-state index in [-0.39, 0.29) is 36.9 Å². The van der Waals surface area contributed by atoms with Crippen LogP contribution in [0.15, 0.2) is 47.5 Å². The van der Waals surface area contributed by atoms with Crippen LogP contribution in [0.2, 0.25) is 0 Å². The molecule has 0 aromatic heterocycles. The number of carbonyl (C=O) groups is 2. The molecule has 3 rings (SSSR count). The van der Waals surface area contributed by atoms with Crippen LogP contribution in [0, 0.1) is 11.6 Å². The molecule has 1 heterocycles. The Morgan fingerprint density at radius 3 is 2.47 bits per heavy atom. The third-order valence-electron chi connectivity index (χ3n) is 4.97. The van der Waals surface area contributed by atoms with Crippen molar-refractivity contribution in [1.29, 1.82) is 0 Å². The second-order valence-electron chi connectivity index (χ2n) is 7.22. The highest BCUT2D eigenvalue weighted by atomic mass is 19.1. The summed E-state index contributed by atoms with van der Waals surface area (Å²) in [5.74, 6) is -3.15. The maximum Gasteiger partial charge on any atom is 0.408 e. The van der Waals surface area contributed by atoms with E-state index in [1.165, 1.54) is 7.11 Å². The number of ether oxygens (including phenoxy) is 3. The van der Waals surface area contributed by atoms with Crippen molar-refractivity contribution in [3.05, 3.63) is 65.2 Å². The van der Waals surface area contributed by atoms with Crippen LogP contribution in [-0.2, 0) is 25.7 Å². The van der Waals surface area contributed by atoms with Gasteiger partial charge in [-0.05, 0) is 12.5 Å². The lowest BCUT2D eigenvalue weighted by Crippen LogP contribution is -2.48. The first-order valence-electron chi connectivity index (χ1n) is 10.5. The van der Waals surface area contributed by atoms with Gasteiger partial charge in [-0.1, -0.05) is 30.3 Å². The highest BCUT2D eigenvalue weighted by molar-refractivity contribution is 5.92. The van der Waals surface area contributed by atoms with Crippen LogP contribution >= 0.6 is 0 Å². The first-order chi connectivity index (χ1) is 16.4. The van der Waals surface area contributed by atoms with Crippen LogP contribution in [0.1, 0.15) is 24.0 Å². The Hall–Kier alpha value is -3.73. The zero-order valence-corrected chi connectivity index (χ0v) is 18.7. The van der Waals surface area contributed by atoms with Gasteiger partial charge >= 0.3 is 12.1 Å². The molecule has 2 atom stereocenters. The van der Waals surface area contributed by atoms with Crippen LogP contribution in [-0.4, -0.2) is 50.8 Å². The zero-order valence-electron chi connectivity index (χ0n) is 18.7. The van der Waals surface area contributed by atoms with E-state index in [0.717, 1.165) is 17.7 Å². The molecule has 2 aromatic carbocycles. The fourth-order valence-electron chi connectivity index (χ4n) is 3.41. The van der Waals surface area contributed by atoms with Crippen LogP contribution in [0.25, 0.3) is 0 Å². The number of amides is 1. The van der Waals surface area contributed by atoms with E-state index in [4.69, 9.17) is 19.0 Å². The number of nitrogens with one attached hydrogen (secondary N) is 2. The van der Waals surface area contributed by atoms with Gasteiger partial charge in [-0.2, -0.15) is 0 Å². The molecule has 1 aliphatic heterocycles. The highest BCUT2D eigenvalue weighted by Crippen LogP contribution is 2.32. The van der Waals surface area contributed by atoms with Crippen molar-refractivity contribution in [2.75, 3.05) is 26.9 Å². The van der Waals surface area contributed by atoms with Gasteiger partial charge in [0, 0.05) is 23.6 Å². The first-order valence-corrected chi connectivity index (χ1v) is 10.5. The number of nitrogens with zero attached hydrogens (tertiary/aromatic N) is 1. The summed E-state index contributed by atoms with van der Waals surface area (Å²) in [6, 6.07) is 10.1. The van der Waals surface area contributed by atoms with Gasteiger partial charge in [0.2, 0.25) is 0 Å². The summed E-state index contributed by atoms with van der Waals surface area (Å²) in [7, 11) is 1.29. The SMILES string of the molecule is CCOC(=O)CONC1=NCC(c2c(F)cc(OC)cc2F)C1NC(=O)OCc1ccccc1. The minimum Gasteiger partial charge on any atom is -0.497 e. The fourth-order valence-corrected chi connectivity index (χ4v) is 3.41. The summed E-state index contributed by atoms with van der Waals surface area (Å²) < 4.78 is 44.5. The molecular weight excluding hydrogens is 452 g/mol. The number of hydroxylamine groups is 1. The third-order valence-corrected chi connectivity index (χ3v) is 4.97. The number of esters is 1. The maximum absolute atomic E-state index is 14.8. The van der Waals surface area contributed by atoms with E-state index in [9.17, 15) is 18.4 Å². The van der Waals surface area contributed by atoms with Gasteiger partial charge in [0.1, 0.15) is 35.9 Å². The third kappa shape index (κ3) is 6.41. The Balaban J connectivity index is 1.74. The Kier molecular flexibility index (Phi) is 8.74. The molecule has 0 saturated carbocycles. The Morgan fingerprint density at radius 2 is 1.82 bits per heavy atom. The Morgan fingerprint density at radius 1 is 1.12 bits per heavy atom. The molecule has 1 amide bonds. The highest BCUT2D eigenvalue weighted by Gasteiger charge is 2.38. The van der Waals surface area contributed by atoms with Crippen molar-refractivity contribution >= 4 is 17.9 Å². The minimum atomic E-state index is -1.03. The predicted octanol–water partition coefficient (Wildman–Crippen LogP) is 2.85. The van der Waals surface area contributed by atoms with Gasteiger partial charge in [-0.15, -0.1) is 0 Å². The topological polar surface area (TPSA) is 107 Å². The van der Waals surface area contributed by atoms with Crippen molar-refractivity contribution in [2.24, 2.45) is 4.99 Å². The smallest absolute Gasteiger partial charge is 0.408 e. The number of benzene rings is 2. The van der Waals surface area contributed by atoms with E-state index in [1.54, 1.807) is 31.2 Å². The second kappa shape index (κ2) is 11.9. The van der Waals surface area contributed by atoms with Crippen LogP contribution in [0.5, 0.6) is 5.75 Å². The average molecular weight is 477 g/mol. The molecular formula is C23H25F2N3O6. The first kappa shape index (κ1) is 24.9. The predicted molar refractivity (Wildman–Crippen MR) is 117 cm³/mol. The summed E-state index contributed by atoms with van der Waals surface area (Å²) in [6.45, 7) is 1.33. The van der Waals surface area contributed by atoms with Crippen LogP contribution < -0.4 is 15.5 Å². The molecule has 2 N–H and O–H groups in total. The fraction of sp³-hybridized carbons (Fsp3) is 0.348. The van der Waals surface area contributed by atoms with Crippen molar-refractivity contribution < 1.29 is 37.4 Å². The van der Waals surface area contributed by atoms with Gasteiger partial charge < -0.3 is 19.5 Å². The van der Waals surface area contributed by atoms with Crippen molar-refractivity contribution in [1.82, 2.24) is 10.8 Å². The maximum atomic E-state index is 14.8. The quantitative estimate of drug-likeness (QED) is 0.422. The number of alkyl carbamates (subject to hydrolysis) is 1. The molecule has 0 radical (unpaired) electrons. The summed E-state index contributed by atoms with van der Waals surface area (Å²) >= 11 is 0. The number of amidine groups is 1. The molecule has 0 bridgehead atoms. The summed E-state index contributed by atoms with van der Waals surface area (Å²) in [5, 5.41) is 2.58. The zero-order chi connectivity index (χ0) is 24.5. The van der Waals surface area contributed by atoms with Crippen LogP contribution in [0.4, 0.5) is 13.6 Å². The number of halogens is 2. The van der Waals surface area contributed by atoms with Gasteiger partial charge in [-0.3, -0.25) is 15.3 Å². The Bertz CT molecular complexity index is 1010. The monoisotopic (exact) mass is 477 g/mol. The summed E-state index contributed by atoms with van der Waals surface area (Å²) in [6.07, 6.45) is -0.824. The number of hydrogen-bond acceptors (Lipinski definition) is 8. The molecule has 0 fully saturated rings. The normalized spacial score (nSPS) is 17.0. The largest absolute Gasteiger partial charge is 0.497 e. The lowest BCUT2D eigenvalue weighted by atomic mass is 9.92. The lowest BCUT2D eigenvalue weighted by Gasteiger charge is -2.23. The van der Waals surface area contributed by atoms with E-state index < -0.39 is 42.3 Å². The summed E-state index contributed by atoms with van der Waals surface area (Å²) in [5.41, 5.74) is 2.95. The van der Waals surface area contributed by atoms with E-state index in [1.807, 2.05) is 6.07 Å². The number of methoxy groups -OCH3 is 1. The van der Waals surface area contributed by atoms with Crippen molar-refractivity contribution in [3.63, 3.8) is 0 Å². The van der Waals surface area contributed by atoms with Crippen molar-refractivity contribution in [3.8, 4) is 5.75 Å². The molecule has 2 unspecified atom stereocenters. The molecule has 0 spiro atoms. The molecule has 0 aliphatic carbocycles. The van der Waals surface area contributed by atoms with E-state index in [0.29, 0.717) is 0 Å². The number of hydrogen-bond donors (Lipinski definition) is 2. The molecule has 2 aromatic rings. The molecule has 1 aliphatic rings. The van der Waals surface area contributed by atoms with Gasteiger partial charge in [-0.25, -0.2) is 18.4 Å². The van der Waals surface area contributed by atoms with E-state index >= 15 is 0 Å². The van der Waals surface area contributed by atoms with Gasteiger partial charge in [0.25, 0.3) is 0 Å².